The van der Waals surface area contributed by atoms with E-state index in [2.05, 4.69) is 29.2 Å². The summed E-state index contributed by atoms with van der Waals surface area (Å²) in [6, 6.07) is 14.4. The predicted molar refractivity (Wildman–Crippen MR) is 138 cm³/mol. The molecule has 34 heavy (non-hydrogen) atoms. The molecule has 2 aromatic heterocycles. The number of thiazole rings is 1. The molecule has 0 radical (unpaired) electrons. The van der Waals surface area contributed by atoms with Crippen LogP contribution in [0, 0.1) is 5.92 Å². The molecule has 2 aliphatic carbocycles. The van der Waals surface area contributed by atoms with Gasteiger partial charge in [0.15, 0.2) is 5.13 Å². The van der Waals surface area contributed by atoms with Gasteiger partial charge in [-0.05, 0) is 55.9 Å². The van der Waals surface area contributed by atoms with Crippen LogP contribution in [0.25, 0.3) is 21.3 Å². The maximum absolute atomic E-state index is 6.66. The lowest BCUT2D eigenvalue weighted by molar-refractivity contribution is 0.0256. The number of anilines is 1. The van der Waals surface area contributed by atoms with Gasteiger partial charge in [0.1, 0.15) is 5.76 Å². The Kier molecular flexibility index (Phi) is 5.17. The molecule has 1 aliphatic heterocycles. The fourth-order valence-electron chi connectivity index (χ4n) is 5.74. The first-order chi connectivity index (χ1) is 16.7. The number of nitrogens with zero attached hydrogens (tertiary/aromatic N) is 2. The predicted octanol–water partition coefficient (Wildman–Crippen LogP) is 7.92. The molecule has 2 bridgehead atoms. The van der Waals surface area contributed by atoms with Crippen LogP contribution in [0.15, 0.2) is 53.1 Å². The highest BCUT2D eigenvalue weighted by Gasteiger charge is 2.47. The van der Waals surface area contributed by atoms with Gasteiger partial charge in [0.05, 0.1) is 45.3 Å². The van der Waals surface area contributed by atoms with Gasteiger partial charge in [-0.15, -0.1) is 0 Å². The van der Waals surface area contributed by atoms with Crippen LogP contribution in [0.3, 0.4) is 0 Å². The van der Waals surface area contributed by atoms with Crippen molar-refractivity contribution in [2.24, 2.45) is 5.92 Å². The quantitative estimate of drug-likeness (QED) is 0.264. The van der Waals surface area contributed by atoms with Gasteiger partial charge < -0.3 is 14.1 Å². The second-order valence-corrected chi connectivity index (χ2v) is 11.6. The van der Waals surface area contributed by atoms with Gasteiger partial charge in [-0.2, -0.15) is 0 Å². The molecule has 3 unspecified atom stereocenters. The van der Waals surface area contributed by atoms with Crippen molar-refractivity contribution >= 4 is 49.9 Å². The van der Waals surface area contributed by atoms with Crippen LogP contribution < -0.4 is 4.90 Å². The Morgan fingerprint density at radius 1 is 1.06 bits per heavy atom. The molecular formula is C27H24Cl2N2O2S. The first kappa shape index (κ1) is 21.3. The van der Waals surface area contributed by atoms with E-state index in [9.17, 15) is 0 Å². The minimum Gasteiger partial charge on any atom is -0.468 e. The van der Waals surface area contributed by atoms with Crippen molar-refractivity contribution in [1.82, 2.24) is 4.98 Å². The molecule has 7 rings (SSSR count). The van der Waals surface area contributed by atoms with Gasteiger partial charge in [0.2, 0.25) is 0 Å². The standard InChI is InChI=1S/C27H24Cl2N2O2S/c28-19-4-3-5-20(29)25(19)17-13-33-26(16-8-9-16)18(17)14-32-23-11-15-10-22(23)31(12-15)27-30-21-6-1-2-7-24(21)34-27/h1-7,13,15-16,22-23H,8-12,14H2. The molecule has 7 heteroatoms. The van der Waals surface area contributed by atoms with E-state index in [1.807, 2.05) is 24.5 Å². The SMILES string of the molecule is Clc1cccc(Cl)c1-c1coc(C2CC2)c1COC1CC2CC1N(c1nc3ccccc3s1)C2. The number of furan rings is 1. The number of fused-ring (bicyclic) bond motifs is 3. The molecule has 4 aromatic rings. The van der Waals surface area contributed by atoms with Crippen molar-refractivity contribution in [2.75, 3.05) is 11.4 Å². The van der Waals surface area contributed by atoms with Crippen LogP contribution in [-0.4, -0.2) is 23.7 Å². The second kappa shape index (κ2) is 8.27. The van der Waals surface area contributed by atoms with E-state index in [0.29, 0.717) is 34.5 Å². The normalized spacial score (nSPS) is 23.9. The van der Waals surface area contributed by atoms with E-state index >= 15 is 0 Å². The number of ether oxygens (including phenoxy) is 1. The topological polar surface area (TPSA) is 38.5 Å². The molecule has 174 valence electrons. The monoisotopic (exact) mass is 510 g/mol. The minimum atomic E-state index is 0.183. The van der Waals surface area contributed by atoms with Crippen molar-refractivity contribution in [3.05, 3.63) is 70.1 Å². The molecule has 3 fully saturated rings. The highest BCUT2D eigenvalue weighted by molar-refractivity contribution is 7.22. The molecular weight excluding hydrogens is 487 g/mol. The highest BCUT2D eigenvalue weighted by Crippen LogP contribution is 2.48. The Hall–Kier alpha value is -2.05. The molecule has 3 aliphatic rings. The minimum absolute atomic E-state index is 0.183. The van der Waals surface area contributed by atoms with E-state index < -0.39 is 0 Å². The summed E-state index contributed by atoms with van der Waals surface area (Å²) in [5, 5.41) is 2.39. The highest BCUT2D eigenvalue weighted by atomic mass is 35.5. The van der Waals surface area contributed by atoms with Crippen molar-refractivity contribution < 1.29 is 9.15 Å². The second-order valence-electron chi connectivity index (χ2n) is 9.73. The first-order valence-electron chi connectivity index (χ1n) is 11.9. The Morgan fingerprint density at radius 3 is 2.65 bits per heavy atom. The Bertz CT molecular complexity index is 1320. The summed E-state index contributed by atoms with van der Waals surface area (Å²) in [6.07, 6.45) is 6.59. The molecule has 0 amide bonds. The lowest BCUT2D eigenvalue weighted by Crippen LogP contribution is -2.42. The van der Waals surface area contributed by atoms with Crippen LogP contribution in [0.4, 0.5) is 5.13 Å². The van der Waals surface area contributed by atoms with Gasteiger partial charge in [-0.3, -0.25) is 0 Å². The van der Waals surface area contributed by atoms with Gasteiger partial charge in [-0.25, -0.2) is 4.98 Å². The van der Waals surface area contributed by atoms with Crippen molar-refractivity contribution in [2.45, 2.75) is 50.4 Å². The van der Waals surface area contributed by atoms with Crippen molar-refractivity contribution in [3.63, 3.8) is 0 Å². The van der Waals surface area contributed by atoms with Gasteiger partial charge in [-0.1, -0.05) is 52.7 Å². The van der Waals surface area contributed by atoms with Gasteiger partial charge >= 0.3 is 0 Å². The average molecular weight is 511 g/mol. The molecule has 0 N–H and O–H groups in total. The molecule has 1 saturated heterocycles. The van der Waals surface area contributed by atoms with E-state index in [1.165, 1.54) is 11.1 Å². The van der Waals surface area contributed by atoms with Crippen molar-refractivity contribution in [1.29, 1.82) is 0 Å². The molecule has 3 atom stereocenters. The summed E-state index contributed by atoms with van der Waals surface area (Å²) < 4.78 is 14.0. The van der Waals surface area contributed by atoms with Gasteiger partial charge in [0, 0.05) is 29.2 Å². The number of piperidine rings is 1. The zero-order chi connectivity index (χ0) is 22.8. The Morgan fingerprint density at radius 2 is 1.88 bits per heavy atom. The summed E-state index contributed by atoms with van der Waals surface area (Å²) in [6.45, 7) is 1.59. The number of aromatic nitrogens is 1. The zero-order valence-electron chi connectivity index (χ0n) is 18.5. The number of para-hydroxylation sites is 1. The molecule has 2 saturated carbocycles. The van der Waals surface area contributed by atoms with E-state index in [4.69, 9.17) is 37.3 Å². The van der Waals surface area contributed by atoms with Crippen LogP contribution in [0.2, 0.25) is 10.0 Å². The maximum Gasteiger partial charge on any atom is 0.186 e. The summed E-state index contributed by atoms with van der Waals surface area (Å²) in [7, 11) is 0. The summed E-state index contributed by atoms with van der Waals surface area (Å²) >= 11 is 14.9. The largest absolute Gasteiger partial charge is 0.468 e. The van der Waals surface area contributed by atoms with E-state index in [-0.39, 0.29) is 6.10 Å². The third-order valence-electron chi connectivity index (χ3n) is 7.50. The van der Waals surface area contributed by atoms with Gasteiger partial charge in [0.25, 0.3) is 0 Å². The van der Waals surface area contributed by atoms with E-state index in [0.717, 1.165) is 58.9 Å². The summed E-state index contributed by atoms with van der Waals surface area (Å²) in [5.41, 5.74) is 3.98. The molecule has 0 spiro atoms. The lowest BCUT2D eigenvalue weighted by Gasteiger charge is -2.33. The van der Waals surface area contributed by atoms with Crippen LogP contribution in [-0.2, 0) is 11.3 Å². The number of hydrogen-bond acceptors (Lipinski definition) is 5. The lowest BCUT2D eigenvalue weighted by atomic mass is 10.0. The zero-order valence-corrected chi connectivity index (χ0v) is 20.9. The average Bonchev–Trinajstić information content (AvgIpc) is 3.17. The summed E-state index contributed by atoms with van der Waals surface area (Å²) in [4.78, 5) is 7.40. The molecule has 3 heterocycles. The number of halogens is 2. The third-order valence-corrected chi connectivity index (χ3v) is 9.20. The smallest absolute Gasteiger partial charge is 0.186 e. The number of rotatable bonds is 6. The fraction of sp³-hybridized carbons (Fsp3) is 0.370. The Labute approximate surface area is 212 Å². The molecule has 2 aromatic carbocycles. The van der Waals surface area contributed by atoms with Crippen LogP contribution in [0.1, 0.15) is 42.9 Å². The number of hydrogen-bond donors (Lipinski definition) is 0. The summed E-state index contributed by atoms with van der Waals surface area (Å²) in [5.74, 6) is 2.18. The van der Waals surface area contributed by atoms with Crippen LogP contribution in [0.5, 0.6) is 0 Å². The van der Waals surface area contributed by atoms with Crippen LogP contribution >= 0.6 is 34.5 Å². The Balaban J connectivity index is 1.16. The first-order valence-corrected chi connectivity index (χ1v) is 13.5. The fourth-order valence-corrected chi connectivity index (χ4v) is 7.37. The number of benzene rings is 2. The van der Waals surface area contributed by atoms with Crippen molar-refractivity contribution in [3.8, 4) is 11.1 Å². The molecule has 4 nitrogen and oxygen atoms in total. The maximum atomic E-state index is 6.66. The third kappa shape index (κ3) is 3.56. The van der Waals surface area contributed by atoms with E-state index in [1.54, 1.807) is 11.3 Å².